The van der Waals surface area contributed by atoms with Crippen molar-refractivity contribution in [3.63, 3.8) is 0 Å². The molecular formula is C20H22BrN3O. The van der Waals surface area contributed by atoms with Crippen LogP contribution in [0.2, 0.25) is 0 Å². The van der Waals surface area contributed by atoms with E-state index in [1.165, 1.54) is 17.3 Å². The number of piperazine rings is 1. The summed E-state index contributed by atoms with van der Waals surface area (Å²) < 4.78 is 0.967. The predicted octanol–water partition coefficient (Wildman–Crippen LogP) is 3.27. The molecule has 1 aliphatic heterocycles. The molecule has 0 saturated carbocycles. The van der Waals surface area contributed by atoms with Crippen LogP contribution >= 0.6 is 15.9 Å². The summed E-state index contributed by atoms with van der Waals surface area (Å²) in [6.45, 7) is 5.13. The van der Waals surface area contributed by atoms with E-state index in [1.54, 1.807) is 6.08 Å². The van der Waals surface area contributed by atoms with E-state index in [2.05, 4.69) is 68.2 Å². The molecule has 2 N–H and O–H groups in total. The number of primary amides is 1. The monoisotopic (exact) mass is 399 g/mol. The van der Waals surface area contributed by atoms with Gasteiger partial charge in [-0.05, 0) is 29.3 Å². The molecule has 0 aromatic heterocycles. The van der Waals surface area contributed by atoms with Crippen LogP contribution in [-0.4, -0.2) is 37.0 Å². The van der Waals surface area contributed by atoms with Gasteiger partial charge in [0.25, 0.3) is 0 Å². The van der Waals surface area contributed by atoms with Gasteiger partial charge in [0.15, 0.2) is 0 Å². The summed E-state index contributed by atoms with van der Waals surface area (Å²) in [4.78, 5) is 15.8. The van der Waals surface area contributed by atoms with E-state index in [0.29, 0.717) is 0 Å². The standard InChI is InChI=1S/C20H22BrN3O/c21-19-14-18(8-6-17(19)7-9-20(22)25)24-12-10-23(11-13-24)15-16-4-2-1-3-5-16/h1-9,14H,10-13,15H2,(H2,22,25)/b9-7+. The quantitative estimate of drug-likeness (QED) is 0.784. The van der Waals surface area contributed by atoms with Crippen LogP contribution in [0, 0.1) is 0 Å². The van der Waals surface area contributed by atoms with E-state index in [1.807, 2.05) is 6.07 Å². The Kier molecular flexibility index (Phi) is 5.89. The number of amides is 1. The molecule has 5 heteroatoms. The van der Waals surface area contributed by atoms with Gasteiger partial charge in [-0.25, -0.2) is 0 Å². The third-order valence-electron chi connectivity index (χ3n) is 4.40. The zero-order valence-electron chi connectivity index (χ0n) is 14.1. The molecule has 1 fully saturated rings. The summed E-state index contributed by atoms with van der Waals surface area (Å²) in [7, 11) is 0. The van der Waals surface area contributed by atoms with E-state index < -0.39 is 5.91 Å². The highest BCUT2D eigenvalue weighted by Crippen LogP contribution is 2.26. The maximum Gasteiger partial charge on any atom is 0.241 e. The van der Waals surface area contributed by atoms with E-state index in [4.69, 9.17) is 5.73 Å². The highest BCUT2D eigenvalue weighted by atomic mass is 79.9. The number of halogens is 1. The molecule has 3 rings (SSSR count). The number of hydrogen-bond donors (Lipinski definition) is 1. The molecule has 2 aromatic carbocycles. The number of rotatable bonds is 5. The van der Waals surface area contributed by atoms with E-state index in [-0.39, 0.29) is 0 Å². The van der Waals surface area contributed by atoms with Crippen LogP contribution in [0.15, 0.2) is 59.1 Å². The van der Waals surface area contributed by atoms with Gasteiger partial charge in [0.2, 0.25) is 5.91 Å². The smallest absolute Gasteiger partial charge is 0.241 e. The average Bonchev–Trinajstić information content (AvgIpc) is 2.62. The second kappa shape index (κ2) is 8.32. The third kappa shape index (κ3) is 4.94. The molecule has 0 aliphatic carbocycles. The summed E-state index contributed by atoms with van der Waals surface area (Å²) in [6, 6.07) is 16.8. The molecule has 1 saturated heterocycles. The van der Waals surface area contributed by atoms with E-state index in [9.17, 15) is 4.79 Å². The largest absolute Gasteiger partial charge is 0.369 e. The molecule has 25 heavy (non-hydrogen) atoms. The van der Waals surface area contributed by atoms with Gasteiger partial charge in [0, 0.05) is 49.0 Å². The topological polar surface area (TPSA) is 49.6 Å². The fourth-order valence-electron chi connectivity index (χ4n) is 3.03. The number of nitrogens with two attached hydrogens (primary N) is 1. The minimum Gasteiger partial charge on any atom is -0.369 e. The van der Waals surface area contributed by atoms with Crippen LogP contribution in [0.1, 0.15) is 11.1 Å². The van der Waals surface area contributed by atoms with Crippen molar-refractivity contribution in [2.75, 3.05) is 31.1 Å². The van der Waals surface area contributed by atoms with Gasteiger partial charge in [-0.2, -0.15) is 0 Å². The SMILES string of the molecule is NC(=O)/C=C/c1ccc(N2CCN(Cc3ccccc3)CC2)cc1Br. The van der Waals surface area contributed by atoms with Crippen molar-refractivity contribution >= 4 is 33.6 Å². The number of benzene rings is 2. The molecule has 2 aromatic rings. The fourth-order valence-corrected chi connectivity index (χ4v) is 3.52. The molecule has 0 radical (unpaired) electrons. The number of hydrogen-bond acceptors (Lipinski definition) is 3. The first-order chi connectivity index (χ1) is 12.1. The van der Waals surface area contributed by atoms with Crippen LogP contribution in [0.4, 0.5) is 5.69 Å². The van der Waals surface area contributed by atoms with Crippen LogP contribution in [0.5, 0.6) is 0 Å². The average molecular weight is 400 g/mol. The first-order valence-corrected chi connectivity index (χ1v) is 9.19. The van der Waals surface area contributed by atoms with Gasteiger partial charge >= 0.3 is 0 Å². The Balaban J connectivity index is 1.59. The van der Waals surface area contributed by atoms with E-state index in [0.717, 1.165) is 42.8 Å². The Morgan fingerprint density at radius 3 is 2.44 bits per heavy atom. The predicted molar refractivity (Wildman–Crippen MR) is 106 cm³/mol. The summed E-state index contributed by atoms with van der Waals surface area (Å²) >= 11 is 3.58. The molecule has 0 atom stereocenters. The second-order valence-electron chi connectivity index (χ2n) is 6.19. The van der Waals surface area contributed by atoms with Crippen LogP contribution in [-0.2, 0) is 11.3 Å². The van der Waals surface area contributed by atoms with Gasteiger partial charge < -0.3 is 10.6 Å². The molecule has 0 unspecified atom stereocenters. The summed E-state index contributed by atoms with van der Waals surface area (Å²) in [6.07, 6.45) is 3.11. The molecule has 1 amide bonds. The van der Waals surface area contributed by atoms with Gasteiger partial charge in [0.05, 0.1) is 0 Å². The van der Waals surface area contributed by atoms with Gasteiger partial charge in [-0.3, -0.25) is 9.69 Å². The second-order valence-corrected chi connectivity index (χ2v) is 7.04. The van der Waals surface area contributed by atoms with Crippen LogP contribution in [0.3, 0.4) is 0 Å². The lowest BCUT2D eigenvalue weighted by molar-refractivity contribution is -0.113. The Bertz CT molecular complexity index is 753. The van der Waals surface area contributed by atoms with Crippen LogP contribution < -0.4 is 10.6 Å². The van der Waals surface area contributed by atoms with Crippen molar-refractivity contribution in [3.05, 3.63) is 70.2 Å². The van der Waals surface area contributed by atoms with Crippen molar-refractivity contribution in [2.24, 2.45) is 5.73 Å². The highest BCUT2D eigenvalue weighted by Gasteiger charge is 2.17. The summed E-state index contributed by atoms with van der Waals surface area (Å²) in [5.74, 6) is -0.439. The lowest BCUT2D eigenvalue weighted by Crippen LogP contribution is -2.45. The summed E-state index contributed by atoms with van der Waals surface area (Å²) in [5, 5.41) is 0. The molecule has 130 valence electrons. The zero-order valence-corrected chi connectivity index (χ0v) is 15.7. The first kappa shape index (κ1) is 17.7. The summed E-state index contributed by atoms with van der Waals surface area (Å²) in [5.41, 5.74) is 8.66. The minimum atomic E-state index is -0.439. The Morgan fingerprint density at radius 1 is 1.08 bits per heavy atom. The number of anilines is 1. The Hall–Kier alpha value is -2.11. The van der Waals surface area contributed by atoms with Crippen molar-refractivity contribution in [2.45, 2.75) is 6.54 Å². The molecule has 0 spiro atoms. The maximum absolute atomic E-state index is 10.9. The Morgan fingerprint density at radius 2 is 1.80 bits per heavy atom. The molecule has 0 bridgehead atoms. The number of carbonyl (C=O) groups excluding carboxylic acids is 1. The van der Waals surface area contributed by atoms with Gasteiger partial charge in [-0.1, -0.05) is 52.3 Å². The number of nitrogens with zero attached hydrogens (tertiary/aromatic N) is 2. The van der Waals surface area contributed by atoms with Crippen molar-refractivity contribution in [1.82, 2.24) is 4.90 Å². The maximum atomic E-state index is 10.9. The molecule has 4 nitrogen and oxygen atoms in total. The van der Waals surface area contributed by atoms with Crippen molar-refractivity contribution in [3.8, 4) is 0 Å². The first-order valence-electron chi connectivity index (χ1n) is 8.40. The third-order valence-corrected chi connectivity index (χ3v) is 5.08. The normalized spacial score (nSPS) is 15.6. The molecular weight excluding hydrogens is 378 g/mol. The minimum absolute atomic E-state index is 0.439. The number of carbonyl (C=O) groups is 1. The van der Waals surface area contributed by atoms with Gasteiger partial charge in [-0.15, -0.1) is 0 Å². The van der Waals surface area contributed by atoms with Gasteiger partial charge in [0.1, 0.15) is 0 Å². The highest BCUT2D eigenvalue weighted by molar-refractivity contribution is 9.10. The zero-order chi connectivity index (χ0) is 17.6. The van der Waals surface area contributed by atoms with Crippen molar-refractivity contribution < 1.29 is 4.79 Å². The van der Waals surface area contributed by atoms with Crippen LogP contribution in [0.25, 0.3) is 6.08 Å². The lowest BCUT2D eigenvalue weighted by Gasteiger charge is -2.36. The van der Waals surface area contributed by atoms with E-state index >= 15 is 0 Å². The molecule has 1 heterocycles. The van der Waals surface area contributed by atoms with Crippen molar-refractivity contribution in [1.29, 1.82) is 0 Å². The Labute approximate surface area is 157 Å². The fraction of sp³-hybridized carbons (Fsp3) is 0.250. The lowest BCUT2D eigenvalue weighted by atomic mass is 10.1. The molecule has 1 aliphatic rings.